The van der Waals surface area contributed by atoms with Crippen molar-refractivity contribution < 1.29 is 9.47 Å². The molecular formula is C25H27NO2. The summed E-state index contributed by atoms with van der Waals surface area (Å²) < 4.78 is 11.8. The van der Waals surface area contributed by atoms with E-state index < -0.39 is 0 Å². The standard InChI is InChI=1S/C25H27NO2/c1-5-27-25-15-22(16-26-23-12-8-19(3)20(4)14-23)11-13-24(25)28-17-21-9-6-18(2)7-10-21/h6-16H,5,17H2,1-4H3. The highest BCUT2D eigenvalue weighted by molar-refractivity contribution is 5.83. The molecule has 0 aliphatic carbocycles. The van der Waals surface area contributed by atoms with Gasteiger partial charge in [0.25, 0.3) is 0 Å². The normalized spacial score (nSPS) is 11.0. The summed E-state index contributed by atoms with van der Waals surface area (Å²) in [5.74, 6) is 1.48. The highest BCUT2D eigenvalue weighted by atomic mass is 16.5. The van der Waals surface area contributed by atoms with Gasteiger partial charge in [0.1, 0.15) is 6.61 Å². The number of hydrogen-bond acceptors (Lipinski definition) is 3. The van der Waals surface area contributed by atoms with Gasteiger partial charge in [0.2, 0.25) is 0 Å². The van der Waals surface area contributed by atoms with Crippen molar-refractivity contribution in [1.29, 1.82) is 0 Å². The molecule has 3 aromatic rings. The lowest BCUT2D eigenvalue weighted by molar-refractivity contribution is 0.269. The molecule has 0 amide bonds. The lowest BCUT2D eigenvalue weighted by Gasteiger charge is -2.13. The molecule has 0 radical (unpaired) electrons. The first-order valence-corrected chi connectivity index (χ1v) is 9.61. The van der Waals surface area contributed by atoms with Crippen LogP contribution in [0.5, 0.6) is 11.5 Å². The Morgan fingerprint density at radius 2 is 1.57 bits per heavy atom. The fraction of sp³-hybridized carbons (Fsp3) is 0.240. The van der Waals surface area contributed by atoms with Gasteiger partial charge in [-0.3, -0.25) is 4.99 Å². The number of aryl methyl sites for hydroxylation is 3. The second-order valence-electron chi connectivity index (χ2n) is 6.94. The fourth-order valence-corrected chi connectivity index (χ4v) is 2.79. The van der Waals surface area contributed by atoms with Gasteiger partial charge in [-0.1, -0.05) is 35.9 Å². The van der Waals surface area contributed by atoms with Crippen LogP contribution in [-0.4, -0.2) is 12.8 Å². The molecule has 0 spiro atoms. The topological polar surface area (TPSA) is 30.8 Å². The number of nitrogens with zero attached hydrogens (tertiary/aromatic N) is 1. The van der Waals surface area contributed by atoms with E-state index in [1.807, 2.05) is 37.4 Å². The van der Waals surface area contributed by atoms with Gasteiger partial charge in [-0.05, 0) is 80.3 Å². The van der Waals surface area contributed by atoms with Gasteiger partial charge in [0, 0.05) is 6.21 Å². The fourth-order valence-electron chi connectivity index (χ4n) is 2.79. The maximum atomic E-state index is 5.99. The minimum absolute atomic E-state index is 0.510. The smallest absolute Gasteiger partial charge is 0.161 e. The molecule has 0 atom stereocenters. The van der Waals surface area contributed by atoms with E-state index in [-0.39, 0.29) is 0 Å². The molecule has 3 aromatic carbocycles. The average Bonchev–Trinajstić information content (AvgIpc) is 2.69. The Hall–Kier alpha value is -3.07. The molecular weight excluding hydrogens is 346 g/mol. The van der Waals surface area contributed by atoms with E-state index in [1.54, 1.807) is 0 Å². The summed E-state index contributed by atoms with van der Waals surface area (Å²) in [5, 5.41) is 0. The summed E-state index contributed by atoms with van der Waals surface area (Å²) in [5.41, 5.74) is 6.81. The van der Waals surface area contributed by atoms with Crippen LogP contribution >= 0.6 is 0 Å². The molecule has 0 heterocycles. The molecule has 0 aromatic heterocycles. The zero-order chi connectivity index (χ0) is 19.9. The minimum Gasteiger partial charge on any atom is -0.490 e. The monoisotopic (exact) mass is 373 g/mol. The van der Waals surface area contributed by atoms with Gasteiger partial charge >= 0.3 is 0 Å². The van der Waals surface area contributed by atoms with E-state index in [4.69, 9.17) is 9.47 Å². The first-order valence-electron chi connectivity index (χ1n) is 9.61. The number of benzene rings is 3. The molecule has 0 fully saturated rings. The third-order valence-corrected chi connectivity index (χ3v) is 4.64. The summed E-state index contributed by atoms with van der Waals surface area (Å²) in [6, 6.07) is 20.5. The minimum atomic E-state index is 0.510. The predicted molar refractivity (Wildman–Crippen MR) is 116 cm³/mol. The Morgan fingerprint density at radius 3 is 2.29 bits per heavy atom. The molecule has 0 unspecified atom stereocenters. The molecule has 144 valence electrons. The highest BCUT2D eigenvalue weighted by Crippen LogP contribution is 2.29. The maximum Gasteiger partial charge on any atom is 0.161 e. The third-order valence-electron chi connectivity index (χ3n) is 4.64. The van der Waals surface area contributed by atoms with Crippen molar-refractivity contribution in [3.63, 3.8) is 0 Å². The largest absolute Gasteiger partial charge is 0.490 e. The van der Waals surface area contributed by atoms with E-state index in [2.05, 4.69) is 62.2 Å². The molecule has 3 heteroatoms. The number of rotatable bonds is 7. The molecule has 0 saturated carbocycles. The van der Waals surface area contributed by atoms with Crippen LogP contribution in [-0.2, 0) is 6.61 Å². The Morgan fingerprint density at radius 1 is 0.786 bits per heavy atom. The Kier molecular flexibility index (Phi) is 6.49. The van der Waals surface area contributed by atoms with Gasteiger partial charge < -0.3 is 9.47 Å². The van der Waals surface area contributed by atoms with Crippen molar-refractivity contribution >= 4 is 11.9 Å². The van der Waals surface area contributed by atoms with Crippen molar-refractivity contribution in [3.05, 3.63) is 88.5 Å². The Labute approximate surface area is 167 Å². The van der Waals surface area contributed by atoms with Crippen LogP contribution in [0.15, 0.2) is 65.7 Å². The maximum absolute atomic E-state index is 5.99. The third kappa shape index (κ3) is 5.23. The second-order valence-corrected chi connectivity index (χ2v) is 6.94. The van der Waals surface area contributed by atoms with Crippen LogP contribution in [0, 0.1) is 20.8 Å². The number of hydrogen-bond donors (Lipinski definition) is 0. The van der Waals surface area contributed by atoms with Crippen molar-refractivity contribution in [2.24, 2.45) is 4.99 Å². The molecule has 0 aliphatic rings. The SMILES string of the molecule is CCOc1cc(C=Nc2ccc(C)c(C)c2)ccc1OCc1ccc(C)cc1. The average molecular weight is 373 g/mol. The molecule has 0 N–H and O–H groups in total. The second kappa shape index (κ2) is 9.23. The van der Waals surface area contributed by atoms with Crippen molar-refractivity contribution in [2.45, 2.75) is 34.3 Å². The van der Waals surface area contributed by atoms with Crippen LogP contribution in [0.4, 0.5) is 5.69 Å². The quantitative estimate of drug-likeness (QED) is 0.452. The van der Waals surface area contributed by atoms with Crippen LogP contribution < -0.4 is 9.47 Å². The molecule has 28 heavy (non-hydrogen) atoms. The van der Waals surface area contributed by atoms with Crippen LogP contribution in [0.2, 0.25) is 0 Å². The van der Waals surface area contributed by atoms with E-state index in [0.29, 0.717) is 13.2 Å². The van der Waals surface area contributed by atoms with Crippen LogP contribution in [0.1, 0.15) is 34.7 Å². The van der Waals surface area contributed by atoms with Crippen LogP contribution in [0.3, 0.4) is 0 Å². The van der Waals surface area contributed by atoms with Gasteiger partial charge in [-0.2, -0.15) is 0 Å². The molecule has 0 saturated heterocycles. The van der Waals surface area contributed by atoms with Crippen molar-refractivity contribution in [2.75, 3.05) is 6.61 Å². The van der Waals surface area contributed by atoms with Gasteiger partial charge in [-0.15, -0.1) is 0 Å². The predicted octanol–water partition coefficient (Wildman–Crippen LogP) is 6.34. The molecule has 0 bridgehead atoms. The first kappa shape index (κ1) is 19.7. The molecule has 3 nitrogen and oxygen atoms in total. The molecule has 0 aliphatic heterocycles. The van der Waals surface area contributed by atoms with Crippen molar-refractivity contribution in [1.82, 2.24) is 0 Å². The van der Waals surface area contributed by atoms with Gasteiger partial charge in [0.15, 0.2) is 11.5 Å². The molecule has 3 rings (SSSR count). The summed E-state index contributed by atoms with van der Waals surface area (Å²) in [6.07, 6.45) is 1.86. The van der Waals surface area contributed by atoms with Gasteiger partial charge in [0.05, 0.1) is 12.3 Å². The zero-order valence-corrected chi connectivity index (χ0v) is 17.0. The highest BCUT2D eigenvalue weighted by Gasteiger charge is 2.07. The Bertz CT molecular complexity index is 959. The van der Waals surface area contributed by atoms with Crippen molar-refractivity contribution in [3.8, 4) is 11.5 Å². The first-order chi connectivity index (χ1) is 13.5. The lowest BCUT2D eigenvalue weighted by Crippen LogP contribution is -2.00. The van der Waals surface area contributed by atoms with E-state index >= 15 is 0 Å². The summed E-state index contributed by atoms with van der Waals surface area (Å²) >= 11 is 0. The number of ether oxygens (including phenoxy) is 2. The van der Waals surface area contributed by atoms with Gasteiger partial charge in [-0.25, -0.2) is 0 Å². The Balaban J connectivity index is 1.75. The summed E-state index contributed by atoms with van der Waals surface area (Å²) in [6.45, 7) is 9.35. The zero-order valence-electron chi connectivity index (χ0n) is 17.0. The van der Waals surface area contributed by atoms with Crippen LogP contribution in [0.25, 0.3) is 0 Å². The van der Waals surface area contributed by atoms with E-state index in [9.17, 15) is 0 Å². The van der Waals surface area contributed by atoms with E-state index in [1.165, 1.54) is 16.7 Å². The lowest BCUT2D eigenvalue weighted by atomic mass is 10.1. The van der Waals surface area contributed by atoms with E-state index in [0.717, 1.165) is 28.3 Å². The summed E-state index contributed by atoms with van der Waals surface area (Å²) in [7, 11) is 0. The number of aliphatic imine (C=N–C) groups is 1. The summed E-state index contributed by atoms with van der Waals surface area (Å²) in [4.78, 5) is 4.59.